The zero-order chi connectivity index (χ0) is 18.8. The number of rotatable bonds is 4. The standard InChI is InChI=1S/C21H20N4OS/c1-3-13-27-21-23-20(26)18-16-7-5-6-8-17(16)22-19(25(18)24-21)15-11-9-14(4-2)10-12-15/h3,5-12,19H,1,4,13H2,2H3,(H,23,24,26)/t19-/m1/s1. The van der Waals surface area contributed by atoms with Crippen molar-refractivity contribution < 1.29 is 4.79 Å². The highest BCUT2D eigenvalue weighted by Gasteiger charge is 2.34. The third-order valence-electron chi connectivity index (χ3n) is 4.54. The first-order valence-corrected chi connectivity index (χ1v) is 9.88. The molecule has 6 heteroatoms. The van der Waals surface area contributed by atoms with Gasteiger partial charge < -0.3 is 0 Å². The molecule has 2 aliphatic rings. The Morgan fingerprint density at radius 1 is 1.22 bits per heavy atom. The molecule has 1 N–H and O–H groups in total. The molecule has 27 heavy (non-hydrogen) atoms. The number of carbonyl (C=O) groups is 1. The lowest BCUT2D eigenvalue weighted by Crippen LogP contribution is -2.50. The Morgan fingerprint density at radius 2 is 2.00 bits per heavy atom. The molecule has 136 valence electrons. The quantitative estimate of drug-likeness (QED) is 0.833. The van der Waals surface area contributed by atoms with Crippen molar-refractivity contribution in [3.05, 3.63) is 82.9 Å². The van der Waals surface area contributed by atoms with Gasteiger partial charge in [-0.2, -0.15) is 0 Å². The van der Waals surface area contributed by atoms with E-state index in [-0.39, 0.29) is 12.1 Å². The van der Waals surface area contributed by atoms with Gasteiger partial charge in [0, 0.05) is 11.0 Å². The van der Waals surface area contributed by atoms with Crippen molar-refractivity contribution in [3.8, 4) is 0 Å². The second-order valence-electron chi connectivity index (χ2n) is 6.27. The van der Waals surface area contributed by atoms with Gasteiger partial charge in [-0.05, 0) is 23.6 Å². The molecule has 2 aromatic carbocycles. The minimum absolute atomic E-state index is 0.158. The van der Waals surface area contributed by atoms with Gasteiger partial charge in [-0.3, -0.25) is 15.1 Å². The van der Waals surface area contributed by atoms with Crippen molar-refractivity contribution in [1.29, 1.82) is 0 Å². The van der Waals surface area contributed by atoms with Crippen LogP contribution in [0.4, 0.5) is 0 Å². The summed E-state index contributed by atoms with van der Waals surface area (Å²) in [5, 5.41) is 11.5. The third kappa shape index (κ3) is 3.28. The maximum atomic E-state index is 12.9. The maximum absolute atomic E-state index is 12.9. The molecular weight excluding hydrogens is 356 g/mol. The highest BCUT2D eigenvalue weighted by atomic mass is 32.2. The van der Waals surface area contributed by atoms with Gasteiger partial charge in [0.1, 0.15) is 5.70 Å². The minimum Gasteiger partial charge on any atom is -0.298 e. The second kappa shape index (κ2) is 7.40. The van der Waals surface area contributed by atoms with Crippen LogP contribution in [0.25, 0.3) is 5.70 Å². The molecule has 1 atom stereocenters. The smallest absolute Gasteiger partial charge is 0.276 e. The number of nitrogens with zero attached hydrogens (tertiary/aromatic N) is 3. The number of hydrazone groups is 1. The van der Waals surface area contributed by atoms with Crippen LogP contribution in [0.2, 0.25) is 0 Å². The minimum atomic E-state index is -0.369. The number of carbonyl (C=O) groups excluding carboxylic acids is 1. The van der Waals surface area contributed by atoms with E-state index in [0.29, 0.717) is 16.6 Å². The zero-order valence-corrected chi connectivity index (χ0v) is 15.9. The highest BCUT2D eigenvalue weighted by molar-refractivity contribution is 8.14. The van der Waals surface area contributed by atoms with E-state index >= 15 is 0 Å². The van der Waals surface area contributed by atoms with Crippen molar-refractivity contribution >= 4 is 28.5 Å². The molecule has 0 unspecified atom stereocenters. The Labute approximate surface area is 162 Å². The SMILES string of the molecule is C=CCSC1=NN2C(=c3ccccc3=N[C@H]2c2ccc(CC)cc2)C(=O)N1. The van der Waals surface area contributed by atoms with Crippen LogP contribution in [-0.2, 0) is 11.2 Å². The number of nitrogens with one attached hydrogen (secondary N) is 1. The Balaban J connectivity index is 1.87. The molecule has 0 fully saturated rings. The first-order chi connectivity index (χ1) is 13.2. The summed E-state index contributed by atoms with van der Waals surface area (Å²) in [6, 6.07) is 16.0. The summed E-state index contributed by atoms with van der Waals surface area (Å²) in [6.07, 6.45) is 2.40. The first kappa shape index (κ1) is 17.5. The molecule has 4 rings (SSSR count). The van der Waals surface area contributed by atoms with Crippen LogP contribution in [0, 0.1) is 0 Å². The number of amidine groups is 1. The van der Waals surface area contributed by atoms with Gasteiger partial charge in [-0.1, -0.05) is 67.2 Å². The molecule has 0 spiro atoms. The predicted octanol–water partition coefficient (Wildman–Crippen LogP) is 2.31. The van der Waals surface area contributed by atoms with E-state index in [9.17, 15) is 4.79 Å². The number of aryl methyl sites for hydroxylation is 1. The molecule has 0 radical (unpaired) electrons. The number of thioether (sulfide) groups is 1. The zero-order valence-electron chi connectivity index (χ0n) is 15.1. The van der Waals surface area contributed by atoms with Gasteiger partial charge in [0.25, 0.3) is 5.91 Å². The van der Waals surface area contributed by atoms with E-state index in [2.05, 4.69) is 43.1 Å². The molecular formula is C21H20N4OS. The number of hydrogen-bond acceptors (Lipinski definition) is 5. The normalized spacial score (nSPS) is 18.0. The number of para-hydroxylation sites is 1. The molecule has 0 saturated carbocycles. The van der Waals surface area contributed by atoms with Crippen LogP contribution < -0.4 is 15.9 Å². The molecule has 0 aliphatic carbocycles. The monoisotopic (exact) mass is 376 g/mol. The van der Waals surface area contributed by atoms with Gasteiger partial charge in [-0.25, -0.2) is 5.01 Å². The van der Waals surface area contributed by atoms with Gasteiger partial charge in [0.05, 0.1) is 5.36 Å². The number of fused-ring (bicyclic) bond motifs is 2. The summed E-state index contributed by atoms with van der Waals surface area (Å²) in [5.41, 5.74) is 2.81. The Morgan fingerprint density at radius 3 is 2.74 bits per heavy atom. The maximum Gasteiger partial charge on any atom is 0.276 e. The summed E-state index contributed by atoms with van der Waals surface area (Å²) in [6.45, 7) is 5.86. The van der Waals surface area contributed by atoms with E-state index in [1.54, 1.807) is 11.1 Å². The molecule has 2 aromatic rings. The first-order valence-electron chi connectivity index (χ1n) is 8.90. The summed E-state index contributed by atoms with van der Waals surface area (Å²) in [7, 11) is 0. The molecule has 0 bridgehead atoms. The topological polar surface area (TPSA) is 57.1 Å². The van der Waals surface area contributed by atoms with E-state index in [1.165, 1.54) is 17.3 Å². The van der Waals surface area contributed by atoms with Gasteiger partial charge in [-0.15, -0.1) is 11.7 Å². The van der Waals surface area contributed by atoms with Crippen LogP contribution in [-0.4, -0.2) is 21.8 Å². The summed E-state index contributed by atoms with van der Waals surface area (Å²) in [4.78, 5) is 17.8. The molecule has 5 nitrogen and oxygen atoms in total. The Bertz CT molecular complexity index is 1040. The molecule has 0 saturated heterocycles. The van der Waals surface area contributed by atoms with Gasteiger partial charge in [0.2, 0.25) is 0 Å². The van der Waals surface area contributed by atoms with Gasteiger partial charge in [0.15, 0.2) is 11.3 Å². The van der Waals surface area contributed by atoms with E-state index in [1.807, 2.05) is 24.3 Å². The lowest BCUT2D eigenvalue weighted by molar-refractivity contribution is -0.116. The van der Waals surface area contributed by atoms with Crippen molar-refractivity contribution in [2.75, 3.05) is 5.75 Å². The summed E-state index contributed by atoms with van der Waals surface area (Å²) >= 11 is 1.44. The summed E-state index contributed by atoms with van der Waals surface area (Å²) < 4.78 is 0. The van der Waals surface area contributed by atoms with Crippen molar-refractivity contribution in [2.45, 2.75) is 19.5 Å². The van der Waals surface area contributed by atoms with Crippen molar-refractivity contribution in [1.82, 2.24) is 10.3 Å². The predicted molar refractivity (Wildman–Crippen MR) is 109 cm³/mol. The fraction of sp³-hybridized carbons (Fsp3) is 0.190. The summed E-state index contributed by atoms with van der Waals surface area (Å²) in [5.74, 6) is 0.514. The molecule has 0 aromatic heterocycles. The van der Waals surface area contributed by atoms with E-state index in [0.717, 1.165) is 22.6 Å². The van der Waals surface area contributed by atoms with Crippen LogP contribution in [0.1, 0.15) is 24.2 Å². The average molecular weight is 376 g/mol. The van der Waals surface area contributed by atoms with Gasteiger partial charge >= 0.3 is 0 Å². The average Bonchev–Trinajstić information content (AvgIpc) is 2.71. The number of hydrogen-bond donors (Lipinski definition) is 1. The second-order valence-corrected chi connectivity index (χ2v) is 7.28. The number of benzene rings is 2. The Kier molecular flexibility index (Phi) is 4.81. The number of amides is 1. The van der Waals surface area contributed by atoms with Crippen LogP contribution in [0.3, 0.4) is 0 Å². The fourth-order valence-corrected chi connectivity index (χ4v) is 3.76. The van der Waals surface area contributed by atoms with E-state index < -0.39 is 0 Å². The van der Waals surface area contributed by atoms with Crippen LogP contribution in [0.15, 0.2) is 71.3 Å². The van der Waals surface area contributed by atoms with Crippen molar-refractivity contribution in [2.24, 2.45) is 10.1 Å². The fourth-order valence-electron chi connectivity index (χ4n) is 3.17. The Hall–Kier alpha value is -2.86. The lowest BCUT2D eigenvalue weighted by Gasteiger charge is -2.34. The van der Waals surface area contributed by atoms with Crippen LogP contribution in [0.5, 0.6) is 0 Å². The van der Waals surface area contributed by atoms with Crippen LogP contribution >= 0.6 is 11.8 Å². The lowest BCUT2D eigenvalue weighted by atomic mass is 10.1. The molecule has 1 amide bonds. The largest absolute Gasteiger partial charge is 0.298 e. The van der Waals surface area contributed by atoms with Crippen molar-refractivity contribution in [3.63, 3.8) is 0 Å². The highest BCUT2D eigenvalue weighted by Crippen LogP contribution is 2.30. The van der Waals surface area contributed by atoms with E-state index in [4.69, 9.17) is 10.1 Å². The third-order valence-corrected chi connectivity index (χ3v) is 5.40. The molecule has 2 aliphatic heterocycles. The molecule has 2 heterocycles.